The van der Waals surface area contributed by atoms with E-state index in [-0.39, 0.29) is 17.6 Å². The summed E-state index contributed by atoms with van der Waals surface area (Å²) in [6.45, 7) is 1.17. The summed E-state index contributed by atoms with van der Waals surface area (Å²) in [4.78, 5) is 28.4. The minimum Gasteiger partial charge on any atom is -0.356 e. The fourth-order valence-electron chi connectivity index (χ4n) is 3.54. The van der Waals surface area contributed by atoms with E-state index in [0.29, 0.717) is 44.3 Å². The summed E-state index contributed by atoms with van der Waals surface area (Å²) in [5.41, 5.74) is 4.19. The summed E-state index contributed by atoms with van der Waals surface area (Å²) in [5, 5.41) is 9.28. The Morgan fingerprint density at radius 2 is 1.96 bits per heavy atom. The molecule has 2 amide bonds. The van der Waals surface area contributed by atoms with Crippen LogP contribution in [0, 0.1) is 5.82 Å². The molecule has 7 heteroatoms. The molecular weight excluding hydrogens is 337 g/mol. The second-order valence-electron chi connectivity index (χ2n) is 6.76. The van der Waals surface area contributed by atoms with E-state index in [1.54, 1.807) is 11.5 Å². The molecule has 0 atom stereocenters. The number of carbonyl (C=O) groups is 2. The number of rotatable bonds is 7. The van der Waals surface area contributed by atoms with Crippen LogP contribution < -0.4 is 5.48 Å². The zero-order chi connectivity index (χ0) is 18.5. The average molecular weight is 361 g/mol. The Kier molecular flexibility index (Phi) is 5.88. The summed E-state index contributed by atoms with van der Waals surface area (Å²) < 4.78 is 13.9. The van der Waals surface area contributed by atoms with Gasteiger partial charge in [-0.05, 0) is 18.9 Å². The van der Waals surface area contributed by atoms with Gasteiger partial charge in [-0.1, -0.05) is 25.0 Å². The van der Waals surface area contributed by atoms with Gasteiger partial charge in [0.25, 0.3) is 0 Å². The monoisotopic (exact) mass is 361 g/mol. The maximum atomic E-state index is 13.9. The topological polar surface area (TPSA) is 85.4 Å². The molecule has 1 aliphatic rings. The van der Waals surface area contributed by atoms with Crippen molar-refractivity contribution in [1.29, 1.82) is 0 Å². The Hall–Kier alpha value is -2.41. The number of benzene rings is 1. The summed E-state index contributed by atoms with van der Waals surface area (Å²) in [6.07, 6.45) is 4.72. The van der Waals surface area contributed by atoms with Crippen LogP contribution in [0.25, 0.3) is 10.9 Å². The van der Waals surface area contributed by atoms with Gasteiger partial charge in [0.1, 0.15) is 5.82 Å². The molecule has 0 fully saturated rings. The molecule has 6 nitrogen and oxygen atoms in total. The molecule has 0 aliphatic carbocycles. The van der Waals surface area contributed by atoms with Crippen molar-refractivity contribution in [3.8, 4) is 0 Å². The van der Waals surface area contributed by atoms with Crippen LogP contribution in [0.4, 0.5) is 4.39 Å². The van der Waals surface area contributed by atoms with Crippen molar-refractivity contribution in [3.63, 3.8) is 0 Å². The third-order valence-corrected chi connectivity index (χ3v) is 4.98. The zero-order valence-corrected chi connectivity index (χ0v) is 14.7. The van der Waals surface area contributed by atoms with E-state index in [0.717, 1.165) is 35.9 Å². The molecule has 1 aliphatic heterocycles. The number of hydrogen-bond donors (Lipinski definition) is 3. The van der Waals surface area contributed by atoms with Gasteiger partial charge in [-0.15, -0.1) is 0 Å². The maximum Gasteiger partial charge on any atom is 0.243 e. The molecule has 0 radical (unpaired) electrons. The second-order valence-corrected chi connectivity index (χ2v) is 6.76. The maximum absolute atomic E-state index is 13.9. The zero-order valence-electron chi connectivity index (χ0n) is 14.7. The molecule has 2 aromatic rings. The van der Waals surface area contributed by atoms with E-state index in [1.165, 1.54) is 6.07 Å². The highest BCUT2D eigenvalue weighted by Crippen LogP contribution is 2.29. The molecule has 3 rings (SSSR count). The van der Waals surface area contributed by atoms with E-state index in [2.05, 4.69) is 4.98 Å². The molecule has 1 aromatic heterocycles. The van der Waals surface area contributed by atoms with Gasteiger partial charge in [0, 0.05) is 49.0 Å². The molecule has 3 N–H and O–H groups in total. The lowest BCUT2D eigenvalue weighted by Crippen LogP contribution is -2.35. The van der Waals surface area contributed by atoms with Crippen molar-refractivity contribution in [2.45, 2.75) is 51.5 Å². The number of amides is 2. The summed E-state index contributed by atoms with van der Waals surface area (Å²) in [5.74, 6) is -0.514. The molecular formula is C19H24FN3O3. The molecule has 2 heterocycles. The van der Waals surface area contributed by atoms with E-state index >= 15 is 0 Å². The lowest BCUT2D eigenvalue weighted by molar-refractivity contribution is -0.132. The smallest absolute Gasteiger partial charge is 0.243 e. The first kappa shape index (κ1) is 18.4. The van der Waals surface area contributed by atoms with Crippen molar-refractivity contribution < 1.29 is 19.2 Å². The number of hydroxylamine groups is 1. The standard InChI is InChI=1S/C19H24FN3O3/c20-15-7-5-6-13-14-12-23(11-10-16(14)21-19(13)15)18(25)9-4-2-1-3-8-17(24)22-26/h5-7,21,26H,1-4,8-12H2,(H,22,24). The van der Waals surface area contributed by atoms with Gasteiger partial charge in [-0.2, -0.15) is 0 Å². The molecule has 0 spiro atoms. The Balaban J connectivity index is 1.49. The van der Waals surface area contributed by atoms with Crippen LogP contribution in [-0.4, -0.2) is 33.5 Å². The van der Waals surface area contributed by atoms with E-state index in [9.17, 15) is 14.0 Å². The number of halogens is 1. The number of nitrogens with one attached hydrogen (secondary N) is 2. The number of unbranched alkanes of at least 4 members (excludes halogenated alkanes) is 3. The number of para-hydroxylation sites is 1. The number of hydrogen-bond acceptors (Lipinski definition) is 3. The van der Waals surface area contributed by atoms with Crippen LogP contribution in [0.3, 0.4) is 0 Å². The first-order chi connectivity index (χ1) is 12.6. The lowest BCUT2D eigenvalue weighted by atomic mass is 10.0. The van der Waals surface area contributed by atoms with Crippen LogP contribution >= 0.6 is 0 Å². The van der Waals surface area contributed by atoms with Crippen LogP contribution in [0.5, 0.6) is 0 Å². The van der Waals surface area contributed by atoms with Crippen LogP contribution in [0.15, 0.2) is 18.2 Å². The van der Waals surface area contributed by atoms with Gasteiger partial charge in [0.2, 0.25) is 11.8 Å². The number of fused-ring (bicyclic) bond motifs is 3. The number of H-pyrrole nitrogens is 1. The highest BCUT2D eigenvalue weighted by molar-refractivity contribution is 5.86. The molecule has 0 saturated carbocycles. The Morgan fingerprint density at radius 3 is 2.73 bits per heavy atom. The highest BCUT2D eigenvalue weighted by atomic mass is 19.1. The highest BCUT2D eigenvalue weighted by Gasteiger charge is 2.24. The quantitative estimate of drug-likeness (QED) is 0.402. The van der Waals surface area contributed by atoms with Crippen molar-refractivity contribution >= 4 is 22.7 Å². The van der Waals surface area contributed by atoms with E-state index < -0.39 is 0 Å². The molecule has 0 saturated heterocycles. The van der Waals surface area contributed by atoms with Crippen LogP contribution in [0.2, 0.25) is 0 Å². The molecule has 1 aromatic carbocycles. The number of carbonyl (C=O) groups excluding carboxylic acids is 2. The number of aromatic nitrogens is 1. The molecule has 0 unspecified atom stereocenters. The molecule has 26 heavy (non-hydrogen) atoms. The average Bonchev–Trinajstić information content (AvgIpc) is 3.03. The van der Waals surface area contributed by atoms with Gasteiger partial charge in [-0.25, -0.2) is 9.87 Å². The summed E-state index contributed by atoms with van der Waals surface area (Å²) in [6, 6.07) is 5.03. The fourth-order valence-corrected chi connectivity index (χ4v) is 3.54. The summed E-state index contributed by atoms with van der Waals surface area (Å²) in [7, 11) is 0. The van der Waals surface area contributed by atoms with Crippen molar-refractivity contribution in [3.05, 3.63) is 35.3 Å². The van der Waals surface area contributed by atoms with Crippen molar-refractivity contribution in [1.82, 2.24) is 15.4 Å². The number of aromatic amines is 1. The molecule has 0 bridgehead atoms. The SMILES string of the molecule is O=C(CCCCCCC(=O)N1CCc2[nH]c3c(F)cccc3c2C1)NO. The Labute approximate surface area is 151 Å². The first-order valence-electron chi connectivity index (χ1n) is 9.09. The predicted molar refractivity (Wildman–Crippen MR) is 95.0 cm³/mol. The Bertz CT molecular complexity index is 803. The van der Waals surface area contributed by atoms with Crippen LogP contribution in [0.1, 0.15) is 49.8 Å². The van der Waals surface area contributed by atoms with Crippen molar-refractivity contribution in [2.75, 3.05) is 6.54 Å². The van der Waals surface area contributed by atoms with Gasteiger partial charge >= 0.3 is 0 Å². The molecule has 140 valence electrons. The van der Waals surface area contributed by atoms with Crippen molar-refractivity contribution in [2.24, 2.45) is 0 Å². The minimum atomic E-state index is -0.375. The Morgan fingerprint density at radius 1 is 1.19 bits per heavy atom. The normalized spacial score (nSPS) is 13.7. The third-order valence-electron chi connectivity index (χ3n) is 4.98. The van der Waals surface area contributed by atoms with Gasteiger partial charge in [0.05, 0.1) is 5.52 Å². The predicted octanol–water partition coefficient (Wildman–Crippen LogP) is 3.04. The van der Waals surface area contributed by atoms with Gasteiger partial charge in [-0.3, -0.25) is 14.8 Å². The minimum absolute atomic E-state index is 0.120. The van der Waals surface area contributed by atoms with E-state index in [4.69, 9.17) is 5.21 Å². The largest absolute Gasteiger partial charge is 0.356 e. The second kappa shape index (κ2) is 8.31. The van der Waals surface area contributed by atoms with E-state index in [1.807, 2.05) is 11.0 Å². The number of nitrogens with zero attached hydrogens (tertiary/aromatic N) is 1. The lowest BCUT2D eigenvalue weighted by Gasteiger charge is -2.27. The van der Waals surface area contributed by atoms with Gasteiger partial charge < -0.3 is 9.88 Å². The summed E-state index contributed by atoms with van der Waals surface area (Å²) >= 11 is 0. The first-order valence-corrected chi connectivity index (χ1v) is 9.09. The third kappa shape index (κ3) is 4.04. The van der Waals surface area contributed by atoms with Crippen LogP contribution in [-0.2, 0) is 22.6 Å². The van der Waals surface area contributed by atoms with Gasteiger partial charge in [0.15, 0.2) is 0 Å². The fraction of sp³-hybridized carbons (Fsp3) is 0.474.